The Labute approximate surface area is 96.6 Å². The zero-order valence-electron chi connectivity index (χ0n) is 8.98. The van der Waals surface area contributed by atoms with Gasteiger partial charge < -0.3 is 9.47 Å². The number of hydrogen-bond donors (Lipinski definition) is 1. The van der Waals surface area contributed by atoms with Crippen molar-refractivity contribution in [3.05, 3.63) is 0 Å². The first-order chi connectivity index (χ1) is 7.65. The number of halogens is 2. The average Bonchev–Trinajstić information content (AvgIpc) is 2.14. The van der Waals surface area contributed by atoms with Crippen molar-refractivity contribution in [2.75, 3.05) is 13.2 Å². The third-order valence-electron chi connectivity index (χ3n) is 2.64. The lowest BCUT2D eigenvalue weighted by Crippen LogP contribution is -2.49. The van der Waals surface area contributed by atoms with Crippen LogP contribution in [0.3, 0.4) is 0 Å². The lowest BCUT2D eigenvalue weighted by Gasteiger charge is -2.40. The number of alkyl halides is 2. The molecule has 0 spiro atoms. The van der Waals surface area contributed by atoms with Crippen LogP contribution >= 0.6 is 0 Å². The van der Waals surface area contributed by atoms with Gasteiger partial charge in [0.1, 0.15) is 12.2 Å². The van der Waals surface area contributed by atoms with Gasteiger partial charge >= 0.3 is 21.3 Å². The van der Waals surface area contributed by atoms with Crippen LogP contribution in [-0.4, -0.2) is 43.0 Å². The Morgan fingerprint density at radius 1 is 1.59 bits per heavy atom. The Hall–Kier alpha value is -0.800. The molecule has 1 aliphatic heterocycles. The molecule has 1 N–H and O–H groups in total. The van der Waals surface area contributed by atoms with E-state index in [2.05, 4.69) is 4.74 Å². The normalized spacial score (nSPS) is 25.2. The van der Waals surface area contributed by atoms with Crippen LogP contribution in [0, 0.1) is 0 Å². The van der Waals surface area contributed by atoms with E-state index in [4.69, 9.17) is 9.29 Å². The third kappa shape index (κ3) is 2.72. The highest BCUT2D eigenvalue weighted by atomic mass is 32.2. The first-order valence-electron chi connectivity index (χ1n) is 4.81. The fraction of sp³-hybridized carbons (Fsp3) is 0.875. The summed E-state index contributed by atoms with van der Waals surface area (Å²) >= 11 is 0. The van der Waals surface area contributed by atoms with Gasteiger partial charge in [0.15, 0.2) is 0 Å². The molecule has 0 aromatic rings. The molecule has 0 amide bonds. The third-order valence-corrected chi connectivity index (χ3v) is 3.45. The largest absolute Gasteiger partial charge is 0.465 e. The summed E-state index contributed by atoms with van der Waals surface area (Å²) in [5, 5.41) is -4.95. The molecule has 17 heavy (non-hydrogen) atoms. The molecule has 1 fully saturated rings. The summed E-state index contributed by atoms with van der Waals surface area (Å²) in [7, 11) is -5.81. The molecule has 1 aliphatic rings. The number of hydrogen-bond acceptors (Lipinski definition) is 5. The summed E-state index contributed by atoms with van der Waals surface area (Å²) in [6.07, 6.45) is 0.978. The molecule has 0 radical (unpaired) electrons. The summed E-state index contributed by atoms with van der Waals surface area (Å²) in [6, 6.07) is 0. The van der Waals surface area contributed by atoms with Crippen molar-refractivity contribution in [3.8, 4) is 0 Å². The number of carbonyl (C=O) groups is 1. The van der Waals surface area contributed by atoms with Gasteiger partial charge in [-0.3, -0.25) is 4.55 Å². The van der Waals surface area contributed by atoms with Crippen molar-refractivity contribution in [3.63, 3.8) is 0 Å². The summed E-state index contributed by atoms with van der Waals surface area (Å²) in [6.45, 7) is 1.68. The Balaban J connectivity index is 2.62. The highest BCUT2D eigenvalue weighted by Gasteiger charge is 2.55. The number of ether oxygens (including phenoxy) is 2. The smallest absolute Gasteiger partial charge is 0.457 e. The summed E-state index contributed by atoms with van der Waals surface area (Å²) in [5.74, 6) is -2.30. The fourth-order valence-electron chi connectivity index (χ4n) is 1.27. The van der Waals surface area contributed by atoms with Crippen LogP contribution in [0.2, 0.25) is 0 Å². The molecule has 1 saturated heterocycles. The number of esters is 1. The van der Waals surface area contributed by atoms with Crippen LogP contribution in [-0.2, 0) is 24.4 Å². The highest BCUT2D eigenvalue weighted by Crippen LogP contribution is 2.31. The maximum atomic E-state index is 12.8. The average molecular weight is 274 g/mol. The van der Waals surface area contributed by atoms with Crippen molar-refractivity contribution >= 4 is 16.1 Å². The monoisotopic (exact) mass is 274 g/mol. The van der Waals surface area contributed by atoms with E-state index in [0.29, 0.717) is 19.4 Å². The molecule has 0 aliphatic carbocycles. The van der Waals surface area contributed by atoms with Crippen LogP contribution in [0.4, 0.5) is 8.78 Å². The van der Waals surface area contributed by atoms with Gasteiger partial charge in [0, 0.05) is 6.42 Å². The van der Waals surface area contributed by atoms with Gasteiger partial charge in [-0.05, 0) is 6.42 Å². The molecule has 0 saturated carbocycles. The molecule has 1 rings (SSSR count). The Bertz CT molecular complexity index is 395. The second-order valence-corrected chi connectivity index (χ2v) is 5.17. The van der Waals surface area contributed by atoms with Gasteiger partial charge in [0.25, 0.3) is 0 Å². The quantitative estimate of drug-likeness (QED) is 0.582. The molecule has 1 unspecified atom stereocenters. The van der Waals surface area contributed by atoms with Crippen LogP contribution in [0.15, 0.2) is 0 Å². The maximum absolute atomic E-state index is 12.8. The number of rotatable bonds is 5. The molecular formula is C8H12F2O6S. The SMILES string of the molecule is CCC1(COC(=O)C(F)(F)S(=O)(=O)O)CCO1. The van der Waals surface area contributed by atoms with Crippen LogP contribution < -0.4 is 0 Å². The molecule has 1 heterocycles. The Morgan fingerprint density at radius 2 is 2.12 bits per heavy atom. The fourth-order valence-corrected chi connectivity index (χ4v) is 1.54. The highest BCUT2D eigenvalue weighted by molar-refractivity contribution is 7.87. The minimum absolute atomic E-state index is 0.431. The van der Waals surface area contributed by atoms with E-state index in [0.717, 1.165) is 0 Å². The van der Waals surface area contributed by atoms with E-state index in [1.54, 1.807) is 6.92 Å². The molecular weight excluding hydrogens is 262 g/mol. The van der Waals surface area contributed by atoms with Crippen molar-refractivity contribution in [2.45, 2.75) is 30.6 Å². The van der Waals surface area contributed by atoms with Crippen LogP contribution in [0.5, 0.6) is 0 Å². The van der Waals surface area contributed by atoms with Gasteiger partial charge in [-0.1, -0.05) is 6.92 Å². The first-order valence-corrected chi connectivity index (χ1v) is 6.25. The van der Waals surface area contributed by atoms with E-state index >= 15 is 0 Å². The predicted molar refractivity (Wildman–Crippen MR) is 51.0 cm³/mol. The zero-order valence-corrected chi connectivity index (χ0v) is 9.80. The summed E-state index contributed by atoms with van der Waals surface area (Å²) in [4.78, 5) is 10.8. The van der Waals surface area contributed by atoms with E-state index in [1.165, 1.54) is 0 Å². The minimum atomic E-state index is -5.81. The van der Waals surface area contributed by atoms with Gasteiger partial charge in [-0.2, -0.15) is 17.2 Å². The Kier molecular flexibility index (Phi) is 3.75. The summed E-state index contributed by atoms with van der Waals surface area (Å²) in [5.41, 5.74) is -0.815. The second kappa shape index (κ2) is 4.46. The molecule has 9 heteroatoms. The van der Waals surface area contributed by atoms with Gasteiger partial charge in [-0.25, -0.2) is 4.79 Å². The standard InChI is InChI=1S/C8H12F2O6S/c1-2-7(3-4-16-7)5-15-6(11)8(9,10)17(12,13)14/h2-5H2,1H3,(H,12,13,14). The topological polar surface area (TPSA) is 89.9 Å². The molecule has 0 aromatic heterocycles. The van der Waals surface area contributed by atoms with Crippen molar-refractivity contribution < 1.29 is 36.0 Å². The van der Waals surface area contributed by atoms with Crippen molar-refractivity contribution in [1.29, 1.82) is 0 Å². The van der Waals surface area contributed by atoms with Gasteiger partial charge in [-0.15, -0.1) is 0 Å². The van der Waals surface area contributed by atoms with Crippen molar-refractivity contribution in [1.82, 2.24) is 0 Å². The lowest BCUT2D eigenvalue weighted by molar-refractivity contribution is -0.198. The second-order valence-electron chi connectivity index (χ2n) is 3.70. The van der Waals surface area contributed by atoms with Crippen molar-refractivity contribution in [2.24, 2.45) is 0 Å². The van der Waals surface area contributed by atoms with Crippen LogP contribution in [0.1, 0.15) is 19.8 Å². The van der Waals surface area contributed by atoms with E-state index < -0.39 is 33.5 Å². The van der Waals surface area contributed by atoms with E-state index in [9.17, 15) is 22.0 Å². The molecule has 0 bridgehead atoms. The lowest BCUT2D eigenvalue weighted by atomic mass is 9.93. The number of carbonyl (C=O) groups excluding carboxylic acids is 1. The predicted octanol–water partition coefficient (Wildman–Crippen LogP) is 0.579. The first kappa shape index (κ1) is 14.3. The van der Waals surface area contributed by atoms with Crippen LogP contribution in [0.25, 0.3) is 0 Å². The Morgan fingerprint density at radius 3 is 2.41 bits per heavy atom. The molecule has 1 atom stereocenters. The van der Waals surface area contributed by atoms with E-state index in [1.807, 2.05) is 0 Å². The van der Waals surface area contributed by atoms with E-state index in [-0.39, 0.29) is 0 Å². The maximum Gasteiger partial charge on any atom is 0.465 e. The van der Waals surface area contributed by atoms with Gasteiger partial charge in [0.2, 0.25) is 0 Å². The summed E-state index contributed by atoms with van der Waals surface area (Å²) < 4.78 is 63.5. The zero-order chi connectivity index (χ0) is 13.3. The van der Waals surface area contributed by atoms with Gasteiger partial charge in [0.05, 0.1) is 6.61 Å². The molecule has 6 nitrogen and oxygen atoms in total. The minimum Gasteiger partial charge on any atom is -0.457 e. The molecule has 0 aromatic carbocycles. The molecule has 100 valence electrons.